The van der Waals surface area contributed by atoms with Gasteiger partial charge in [-0.1, -0.05) is 30.3 Å². The number of amides is 1. The van der Waals surface area contributed by atoms with E-state index in [-0.39, 0.29) is 18.2 Å². The van der Waals surface area contributed by atoms with Crippen molar-refractivity contribution in [2.75, 3.05) is 6.54 Å². The molecule has 2 N–H and O–H groups in total. The molecule has 1 aromatic carbocycles. The van der Waals surface area contributed by atoms with E-state index in [0.29, 0.717) is 6.61 Å². The summed E-state index contributed by atoms with van der Waals surface area (Å²) in [5, 5.41) is 0. The Morgan fingerprint density at radius 1 is 1.44 bits per heavy atom. The Hall–Kier alpha value is -1.55. The molecule has 1 amide bonds. The van der Waals surface area contributed by atoms with Crippen LogP contribution in [0, 0.1) is 0 Å². The van der Waals surface area contributed by atoms with Gasteiger partial charge in [-0.05, 0) is 25.3 Å². The van der Waals surface area contributed by atoms with Crippen LogP contribution in [0.15, 0.2) is 30.3 Å². The van der Waals surface area contributed by atoms with E-state index in [1.807, 2.05) is 37.3 Å². The van der Waals surface area contributed by atoms with Crippen molar-refractivity contribution in [3.05, 3.63) is 35.9 Å². The van der Waals surface area contributed by atoms with E-state index >= 15 is 0 Å². The van der Waals surface area contributed by atoms with Crippen LogP contribution >= 0.6 is 0 Å². The zero-order valence-corrected chi connectivity index (χ0v) is 10.7. The molecule has 98 valence electrons. The van der Waals surface area contributed by atoms with Crippen molar-refractivity contribution in [3.8, 4) is 0 Å². The Labute approximate surface area is 108 Å². The third kappa shape index (κ3) is 3.01. The molecule has 1 aromatic rings. The lowest BCUT2D eigenvalue weighted by Crippen LogP contribution is -2.52. The minimum absolute atomic E-state index is 0.0574. The van der Waals surface area contributed by atoms with E-state index in [0.717, 1.165) is 24.9 Å². The third-order valence-electron chi connectivity index (χ3n) is 3.49. The average molecular weight is 248 g/mol. The smallest absolute Gasteiger partial charge is 0.410 e. The third-order valence-corrected chi connectivity index (χ3v) is 3.49. The van der Waals surface area contributed by atoms with Gasteiger partial charge < -0.3 is 15.4 Å². The number of likely N-dealkylation sites (tertiary alicyclic amines) is 1. The average Bonchev–Trinajstić information content (AvgIpc) is 2.40. The number of carbonyl (C=O) groups is 1. The largest absolute Gasteiger partial charge is 0.445 e. The summed E-state index contributed by atoms with van der Waals surface area (Å²) in [6, 6.07) is 9.81. The van der Waals surface area contributed by atoms with Crippen molar-refractivity contribution in [2.24, 2.45) is 5.73 Å². The number of ether oxygens (including phenoxy) is 1. The topological polar surface area (TPSA) is 55.6 Å². The van der Waals surface area contributed by atoms with E-state index in [1.165, 1.54) is 0 Å². The number of hydrogen-bond donors (Lipinski definition) is 1. The molecule has 0 saturated carbocycles. The standard InChI is InChI=1S/C14H20N2O2/c1-11-13(15)8-5-9-16(11)14(17)18-10-12-6-3-2-4-7-12/h2-4,6-7,11,13H,5,8-10,15H2,1H3. The number of hydrogen-bond acceptors (Lipinski definition) is 3. The van der Waals surface area contributed by atoms with Crippen LogP contribution < -0.4 is 5.73 Å². The highest BCUT2D eigenvalue weighted by atomic mass is 16.6. The van der Waals surface area contributed by atoms with Gasteiger partial charge in [-0.2, -0.15) is 0 Å². The molecule has 18 heavy (non-hydrogen) atoms. The monoisotopic (exact) mass is 248 g/mol. The van der Waals surface area contributed by atoms with Gasteiger partial charge in [0.25, 0.3) is 0 Å². The minimum atomic E-state index is -0.262. The second-order valence-corrected chi connectivity index (χ2v) is 4.78. The maximum atomic E-state index is 12.0. The number of nitrogens with two attached hydrogens (primary N) is 1. The fraction of sp³-hybridized carbons (Fsp3) is 0.500. The van der Waals surface area contributed by atoms with Crippen LogP contribution in [0.3, 0.4) is 0 Å². The van der Waals surface area contributed by atoms with Gasteiger partial charge in [0.15, 0.2) is 0 Å². The van der Waals surface area contributed by atoms with Gasteiger partial charge in [0.05, 0.1) is 0 Å². The van der Waals surface area contributed by atoms with E-state index in [4.69, 9.17) is 10.5 Å². The first-order chi connectivity index (χ1) is 8.68. The molecule has 0 bridgehead atoms. The minimum Gasteiger partial charge on any atom is -0.445 e. The fourth-order valence-corrected chi connectivity index (χ4v) is 2.23. The van der Waals surface area contributed by atoms with Crippen molar-refractivity contribution in [3.63, 3.8) is 0 Å². The van der Waals surface area contributed by atoms with Gasteiger partial charge in [0.1, 0.15) is 6.61 Å². The lowest BCUT2D eigenvalue weighted by Gasteiger charge is -2.36. The van der Waals surface area contributed by atoms with Crippen LogP contribution in [0.25, 0.3) is 0 Å². The Kier molecular flexibility index (Phi) is 4.20. The SMILES string of the molecule is CC1C(N)CCCN1C(=O)OCc1ccccc1. The molecule has 0 aromatic heterocycles. The first-order valence-electron chi connectivity index (χ1n) is 6.41. The molecule has 0 spiro atoms. The summed E-state index contributed by atoms with van der Waals surface area (Å²) in [5.41, 5.74) is 6.96. The normalized spacial score (nSPS) is 23.8. The summed E-state index contributed by atoms with van der Waals surface area (Å²) in [7, 11) is 0. The summed E-state index contributed by atoms with van der Waals surface area (Å²) in [4.78, 5) is 13.7. The van der Waals surface area contributed by atoms with Gasteiger partial charge in [-0.25, -0.2) is 4.79 Å². The zero-order valence-electron chi connectivity index (χ0n) is 10.7. The molecular formula is C14H20N2O2. The highest BCUT2D eigenvalue weighted by Crippen LogP contribution is 2.17. The predicted octanol–water partition coefficient (Wildman–Crippen LogP) is 2.13. The fourth-order valence-electron chi connectivity index (χ4n) is 2.23. The van der Waals surface area contributed by atoms with E-state index in [9.17, 15) is 4.79 Å². The van der Waals surface area contributed by atoms with Gasteiger partial charge >= 0.3 is 6.09 Å². The summed E-state index contributed by atoms with van der Waals surface area (Å²) in [6.07, 6.45) is 1.66. The lowest BCUT2D eigenvalue weighted by molar-refractivity contribution is 0.0666. The molecule has 4 nitrogen and oxygen atoms in total. The molecule has 2 unspecified atom stereocenters. The number of piperidine rings is 1. The van der Waals surface area contributed by atoms with Crippen LogP contribution in [-0.4, -0.2) is 29.6 Å². The molecule has 1 aliphatic heterocycles. The summed E-state index contributed by atoms with van der Waals surface area (Å²) in [6.45, 7) is 3.04. The molecular weight excluding hydrogens is 228 g/mol. The van der Waals surface area contributed by atoms with Crippen LogP contribution in [0.1, 0.15) is 25.3 Å². The van der Waals surface area contributed by atoms with Crippen molar-refractivity contribution in [1.82, 2.24) is 4.90 Å². The highest BCUT2D eigenvalue weighted by molar-refractivity contribution is 5.68. The second kappa shape index (κ2) is 5.87. The van der Waals surface area contributed by atoms with Crippen LogP contribution in [0.2, 0.25) is 0 Å². The molecule has 1 fully saturated rings. The van der Waals surface area contributed by atoms with Gasteiger partial charge in [-0.15, -0.1) is 0 Å². The Morgan fingerprint density at radius 3 is 2.89 bits per heavy atom. The molecule has 0 radical (unpaired) electrons. The van der Waals surface area contributed by atoms with Crippen LogP contribution in [0.4, 0.5) is 4.79 Å². The number of nitrogens with zero attached hydrogens (tertiary/aromatic N) is 1. The van der Waals surface area contributed by atoms with Crippen LogP contribution in [0.5, 0.6) is 0 Å². The van der Waals surface area contributed by atoms with Crippen molar-refractivity contribution >= 4 is 6.09 Å². The Morgan fingerprint density at radius 2 is 2.17 bits per heavy atom. The number of benzene rings is 1. The van der Waals surface area contributed by atoms with Crippen molar-refractivity contribution in [2.45, 2.75) is 38.5 Å². The zero-order chi connectivity index (χ0) is 13.0. The molecule has 1 heterocycles. The highest BCUT2D eigenvalue weighted by Gasteiger charge is 2.29. The van der Waals surface area contributed by atoms with Gasteiger partial charge in [0.2, 0.25) is 0 Å². The summed E-state index contributed by atoms with van der Waals surface area (Å²) < 4.78 is 5.32. The van der Waals surface area contributed by atoms with Gasteiger partial charge in [-0.3, -0.25) is 0 Å². The number of carbonyl (C=O) groups excluding carboxylic acids is 1. The second-order valence-electron chi connectivity index (χ2n) is 4.78. The first-order valence-corrected chi connectivity index (χ1v) is 6.41. The molecule has 1 aliphatic rings. The summed E-state index contributed by atoms with van der Waals surface area (Å²) >= 11 is 0. The first kappa shape index (κ1) is 12.9. The molecule has 2 atom stereocenters. The van der Waals surface area contributed by atoms with Crippen molar-refractivity contribution < 1.29 is 9.53 Å². The Balaban J connectivity index is 1.88. The molecule has 0 aliphatic carbocycles. The van der Waals surface area contributed by atoms with E-state index in [2.05, 4.69) is 0 Å². The van der Waals surface area contributed by atoms with Crippen LogP contribution in [-0.2, 0) is 11.3 Å². The predicted molar refractivity (Wildman–Crippen MR) is 70.0 cm³/mol. The van der Waals surface area contributed by atoms with Crippen molar-refractivity contribution in [1.29, 1.82) is 0 Å². The maximum absolute atomic E-state index is 12.0. The summed E-state index contributed by atoms with van der Waals surface area (Å²) in [5.74, 6) is 0. The maximum Gasteiger partial charge on any atom is 0.410 e. The number of rotatable bonds is 2. The molecule has 4 heteroatoms. The Bertz CT molecular complexity index is 394. The quantitative estimate of drug-likeness (QED) is 0.872. The molecule has 1 saturated heterocycles. The molecule has 2 rings (SSSR count). The lowest BCUT2D eigenvalue weighted by atomic mass is 9.99. The van der Waals surface area contributed by atoms with Gasteiger partial charge in [0, 0.05) is 18.6 Å². The van der Waals surface area contributed by atoms with E-state index < -0.39 is 0 Å². The van der Waals surface area contributed by atoms with E-state index in [1.54, 1.807) is 4.90 Å².